The molecular formula is C16H25N5O. The molecule has 0 aromatic carbocycles. The lowest BCUT2D eigenvalue weighted by Crippen LogP contribution is -2.44. The monoisotopic (exact) mass is 303 g/mol. The Kier molecular flexibility index (Phi) is 3.76. The van der Waals surface area contributed by atoms with Gasteiger partial charge in [0.05, 0.1) is 6.54 Å². The highest BCUT2D eigenvalue weighted by molar-refractivity contribution is 5.74. The fraction of sp³-hybridized carbons (Fsp3) is 0.812. The van der Waals surface area contributed by atoms with E-state index in [-0.39, 0.29) is 6.03 Å². The molecule has 1 aliphatic heterocycles. The zero-order valence-corrected chi connectivity index (χ0v) is 13.1. The van der Waals surface area contributed by atoms with E-state index >= 15 is 0 Å². The van der Waals surface area contributed by atoms with E-state index in [2.05, 4.69) is 25.4 Å². The summed E-state index contributed by atoms with van der Waals surface area (Å²) in [4.78, 5) is 12.1. The van der Waals surface area contributed by atoms with Crippen LogP contribution >= 0.6 is 0 Å². The van der Waals surface area contributed by atoms with Crippen molar-refractivity contribution in [2.45, 2.75) is 70.5 Å². The number of urea groups is 1. The van der Waals surface area contributed by atoms with Crippen molar-refractivity contribution in [2.24, 2.45) is 11.8 Å². The average Bonchev–Trinajstić information content (AvgIpc) is 3.14. The van der Waals surface area contributed by atoms with E-state index in [9.17, 15) is 4.79 Å². The van der Waals surface area contributed by atoms with Gasteiger partial charge in [0, 0.05) is 19.0 Å². The second kappa shape index (κ2) is 5.89. The summed E-state index contributed by atoms with van der Waals surface area (Å²) in [6.07, 6.45) is 9.84. The zero-order chi connectivity index (χ0) is 14.9. The van der Waals surface area contributed by atoms with Crippen molar-refractivity contribution in [3.63, 3.8) is 0 Å². The van der Waals surface area contributed by atoms with Gasteiger partial charge in [-0.3, -0.25) is 0 Å². The molecule has 2 aliphatic carbocycles. The molecule has 0 saturated heterocycles. The smallest absolute Gasteiger partial charge is 0.315 e. The van der Waals surface area contributed by atoms with Crippen molar-refractivity contribution in [1.29, 1.82) is 0 Å². The van der Waals surface area contributed by atoms with Gasteiger partial charge < -0.3 is 15.2 Å². The summed E-state index contributed by atoms with van der Waals surface area (Å²) < 4.78 is 2.13. The molecular weight excluding hydrogens is 278 g/mol. The predicted molar refractivity (Wildman–Crippen MR) is 82.2 cm³/mol. The Hall–Kier alpha value is -1.59. The molecule has 0 radical (unpaired) electrons. The van der Waals surface area contributed by atoms with Gasteiger partial charge in [0.15, 0.2) is 5.82 Å². The number of nitrogens with zero attached hydrogens (tertiary/aromatic N) is 3. The molecule has 6 nitrogen and oxygen atoms in total. The molecule has 2 saturated carbocycles. The highest BCUT2D eigenvalue weighted by atomic mass is 16.2. The summed E-state index contributed by atoms with van der Waals surface area (Å²) in [5.41, 5.74) is 0. The van der Waals surface area contributed by atoms with Gasteiger partial charge in [0.1, 0.15) is 5.82 Å². The molecule has 2 fully saturated rings. The van der Waals surface area contributed by atoms with Gasteiger partial charge in [-0.25, -0.2) is 4.79 Å². The lowest BCUT2D eigenvalue weighted by Gasteiger charge is -2.29. The number of carbonyl (C=O) groups excluding carboxylic acids is 1. The normalized spacial score (nSPS) is 27.5. The molecule has 2 heterocycles. The molecule has 1 aromatic heterocycles. The first-order valence-electron chi connectivity index (χ1n) is 8.75. The molecule has 3 aliphatic rings. The first-order chi connectivity index (χ1) is 10.8. The third-order valence-electron chi connectivity index (χ3n) is 5.43. The number of aromatic nitrogens is 3. The number of carbonyl (C=O) groups is 1. The summed E-state index contributed by atoms with van der Waals surface area (Å²) in [7, 11) is 0. The standard InChI is InChI=1S/C16H25N5O/c22-16(17-10-15-20-19-14-5-2-8-21(14)15)18-13-4-1-3-12(9-13)11-6-7-11/h11-13H,1-10H2,(H2,17,18,22)/t12-,13-/m1/s1. The molecule has 0 spiro atoms. The van der Waals surface area contributed by atoms with Crippen LogP contribution in [0.25, 0.3) is 0 Å². The van der Waals surface area contributed by atoms with Crippen molar-refractivity contribution >= 4 is 6.03 Å². The number of nitrogens with one attached hydrogen (secondary N) is 2. The molecule has 2 amide bonds. The largest absolute Gasteiger partial charge is 0.335 e. The summed E-state index contributed by atoms with van der Waals surface area (Å²) in [6.45, 7) is 1.45. The number of amides is 2. The van der Waals surface area contributed by atoms with Crippen molar-refractivity contribution in [3.8, 4) is 0 Å². The second-order valence-corrected chi connectivity index (χ2v) is 7.08. The minimum Gasteiger partial charge on any atom is -0.335 e. The van der Waals surface area contributed by atoms with Crippen LogP contribution in [0.4, 0.5) is 4.79 Å². The van der Waals surface area contributed by atoms with Crippen molar-refractivity contribution in [3.05, 3.63) is 11.6 Å². The minimum absolute atomic E-state index is 0.0585. The van der Waals surface area contributed by atoms with E-state index in [1.54, 1.807) is 0 Å². The number of hydrogen-bond acceptors (Lipinski definition) is 3. The topological polar surface area (TPSA) is 71.8 Å². The van der Waals surface area contributed by atoms with E-state index in [4.69, 9.17) is 0 Å². The van der Waals surface area contributed by atoms with Crippen LogP contribution < -0.4 is 10.6 Å². The fourth-order valence-corrected chi connectivity index (χ4v) is 4.09. The van der Waals surface area contributed by atoms with Crippen LogP contribution in [0.5, 0.6) is 0 Å². The Bertz CT molecular complexity index is 551. The maximum atomic E-state index is 12.1. The van der Waals surface area contributed by atoms with Crippen LogP contribution in [0.1, 0.15) is 56.6 Å². The Balaban J connectivity index is 1.25. The second-order valence-electron chi connectivity index (χ2n) is 7.08. The lowest BCUT2D eigenvalue weighted by atomic mass is 9.83. The van der Waals surface area contributed by atoms with Crippen LogP contribution in [0.3, 0.4) is 0 Å². The maximum Gasteiger partial charge on any atom is 0.315 e. The van der Waals surface area contributed by atoms with Crippen molar-refractivity contribution < 1.29 is 4.79 Å². The van der Waals surface area contributed by atoms with Crippen molar-refractivity contribution in [1.82, 2.24) is 25.4 Å². The maximum absolute atomic E-state index is 12.1. The van der Waals surface area contributed by atoms with E-state index in [1.807, 2.05) is 0 Å². The van der Waals surface area contributed by atoms with E-state index in [1.165, 1.54) is 32.1 Å². The molecule has 0 bridgehead atoms. The number of rotatable bonds is 4. The number of aryl methyl sites for hydroxylation is 1. The summed E-state index contributed by atoms with van der Waals surface area (Å²) >= 11 is 0. The predicted octanol–water partition coefficient (Wildman–Crippen LogP) is 1.99. The molecule has 4 rings (SSSR count). The van der Waals surface area contributed by atoms with Gasteiger partial charge in [0.2, 0.25) is 0 Å². The van der Waals surface area contributed by atoms with Crippen LogP contribution in [-0.4, -0.2) is 26.8 Å². The van der Waals surface area contributed by atoms with Gasteiger partial charge >= 0.3 is 6.03 Å². The number of fused-ring (bicyclic) bond motifs is 1. The van der Waals surface area contributed by atoms with E-state index in [0.29, 0.717) is 12.6 Å². The molecule has 0 unspecified atom stereocenters. The van der Waals surface area contributed by atoms with Gasteiger partial charge in [-0.15, -0.1) is 10.2 Å². The quantitative estimate of drug-likeness (QED) is 0.893. The Morgan fingerprint density at radius 2 is 2.05 bits per heavy atom. The summed E-state index contributed by atoms with van der Waals surface area (Å²) in [5.74, 6) is 3.73. The van der Waals surface area contributed by atoms with Crippen LogP contribution in [0.15, 0.2) is 0 Å². The molecule has 2 N–H and O–H groups in total. The highest BCUT2D eigenvalue weighted by Crippen LogP contribution is 2.43. The first kappa shape index (κ1) is 14.0. The van der Waals surface area contributed by atoms with Gasteiger partial charge in [-0.1, -0.05) is 12.8 Å². The molecule has 22 heavy (non-hydrogen) atoms. The first-order valence-corrected chi connectivity index (χ1v) is 8.75. The zero-order valence-electron chi connectivity index (χ0n) is 13.1. The third kappa shape index (κ3) is 2.96. The van der Waals surface area contributed by atoms with E-state index < -0.39 is 0 Å². The Morgan fingerprint density at radius 1 is 1.14 bits per heavy atom. The van der Waals surface area contributed by atoms with Crippen LogP contribution in [-0.2, 0) is 19.5 Å². The van der Waals surface area contributed by atoms with E-state index in [0.717, 1.165) is 49.3 Å². The van der Waals surface area contributed by atoms with Gasteiger partial charge in [-0.2, -0.15) is 0 Å². The number of hydrogen-bond donors (Lipinski definition) is 2. The summed E-state index contributed by atoms with van der Waals surface area (Å²) in [5, 5.41) is 14.4. The van der Waals surface area contributed by atoms with Gasteiger partial charge in [0.25, 0.3) is 0 Å². The third-order valence-corrected chi connectivity index (χ3v) is 5.43. The lowest BCUT2D eigenvalue weighted by molar-refractivity contribution is 0.220. The molecule has 6 heteroatoms. The Morgan fingerprint density at radius 3 is 2.91 bits per heavy atom. The fourth-order valence-electron chi connectivity index (χ4n) is 4.09. The molecule has 2 atom stereocenters. The molecule has 120 valence electrons. The average molecular weight is 303 g/mol. The van der Waals surface area contributed by atoms with Crippen LogP contribution in [0.2, 0.25) is 0 Å². The summed E-state index contributed by atoms with van der Waals surface area (Å²) in [6, 6.07) is 0.292. The SMILES string of the molecule is O=C(NCc1nnc2n1CCC2)N[C@@H]1CCC[C@@H](C2CC2)C1. The minimum atomic E-state index is -0.0585. The van der Waals surface area contributed by atoms with Crippen LogP contribution in [0, 0.1) is 11.8 Å². The van der Waals surface area contributed by atoms with Crippen molar-refractivity contribution in [2.75, 3.05) is 0 Å². The van der Waals surface area contributed by atoms with Gasteiger partial charge in [-0.05, 0) is 43.9 Å². The molecule has 1 aromatic rings. The Labute approximate surface area is 131 Å². The highest BCUT2D eigenvalue weighted by Gasteiger charge is 2.35.